The number of nitrogens with one attached hydrogen (secondary N) is 1. The molecule has 5 nitrogen and oxygen atoms in total. The molecule has 0 saturated heterocycles. The van der Waals surface area contributed by atoms with Crippen LogP contribution in [-0.2, 0) is 4.79 Å². The third-order valence-electron chi connectivity index (χ3n) is 3.45. The van der Waals surface area contributed by atoms with Crippen molar-refractivity contribution in [1.82, 2.24) is 5.43 Å². The number of fused-ring (bicyclic) bond motifs is 1. The van der Waals surface area contributed by atoms with Crippen molar-refractivity contribution < 1.29 is 14.3 Å². The Labute approximate surface area is 118 Å². The van der Waals surface area contributed by atoms with Gasteiger partial charge in [-0.15, -0.1) is 0 Å². The first-order valence-electron chi connectivity index (χ1n) is 6.98. The number of rotatable bonds is 3. The zero-order chi connectivity index (χ0) is 13.9. The van der Waals surface area contributed by atoms with Crippen LogP contribution in [0.4, 0.5) is 0 Å². The Morgan fingerprint density at radius 3 is 2.75 bits per heavy atom. The average molecular weight is 274 g/mol. The lowest BCUT2D eigenvalue weighted by Crippen LogP contribution is -2.20. The zero-order valence-electron chi connectivity index (χ0n) is 11.5. The van der Waals surface area contributed by atoms with Gasteiger partial charge in [-0.1, -0.05) is 0 Å². The Hall–Kier alpha value is -2.04. The molecular weight excluding hydrogens is 256 g/mol. The van der Waals surface area contributed by atoms with Gasteiger partial charge in [0.2, 0.25) is 5.91 Å². The number of benzene rings is 1. The number of carbonyl (C=O) groups is 1. The molecule has 1 saturated carbocycles. The first kappa shape index (κ1) is 13.0. The second-order valence-corrected chi connectivity index (χ2v) is 5.16. The average Bonchev–Trinajstić information content (AvgIpc) is 3.29. The smallest absolute Gasteiger partial charge is 0.243 e. The Bertz CT molecular complexity index is 550. The van der Waals surface area contributed by atoms with E-state index in [0.29, 0.717) is 13.2 Å². The van der Waals surface area contributed by atoms with Gasteiger partial charge in [-0.05, 0) is 38.0 Å². The van der Waals surface area contributed by atoms with Gasteiger partial charge in [0.25, 0.3) is 0 Å². The summed E-state index contributed by atoms with van der Waals surface area (Å²) in [6, 6.07) is 5.72. The summed E-state index contributed by atoms with van der Waals surface area (Å²) in [4.78, 5) is 11.6. The number of hydrazone groups is 1. The Morgan fingerprint density at radius 2 is 2.00 bits per heavy atom. The first-order valence-corrected chi connectivity index (χ1v) is 6.98. The van der Waals surface area contributed by atoms with E-state index in [1.807, 2.05) is 25.1 Å². The molecule has 1 aromatic rings. The molecule has 1 amide bonds. The van der Waals surface area contributed by atoms with Gasteiger partial charge in [-0.25, -0.2) is 5.43 Å². The molecule has 2 aliphatic rings. The lowest BCUT2D eigenvalue weighted by atomic mass is 10.1. The molecule has 0 spiro atoms. The SMILES string of the molecule is CC(=NNC(=O)C1CC1)c1ccc2c(c1)OCCCO2. The summed E-state index contributed by atoms with van der Waals surface area (Å²) in [7, 11) is 0. The van der Waals surface area contributed by atoms with Gasteiger partial charge < -0.3 is 9.47 Å². The van der Waals surface area contributed by atoms with E-state index >= 15 is 0 Å². The molecule has 106 valence electrons. The minimum atomic E-state index is 0.0127. The highest BCUT2D eigenvalue weighted by molar-refractivity contribution is 5.99. The van der Waals surface area contributed by atoms with Crippen LogP contribution in [0, 0.1) is 5.92 Å². The fourth-order valence-electron chi connectivity index (χ4n) is 2.03. The van der Waals surface area contributed by atoms with Crippen molar-refractivity contribution in [2.75, 3.05) is 13.2 Å². The minimum Gasteiger partial charge on any atom is -0.490 e. The van der Waals surface area contributed by atoms with E-state index in [-0.39, 0.29) is 11.8 Å². The number of ether oxygens (including phenoxy) is 2. The summed E-state index contributed by atoms with van der Waals surface area (Å²) < 4.78 is 11.2. The number of hydrogen-bond acceptors (Lipinski definition) is 4. The minimum absolute atomic E-state index is 0.0127. The Kier molecular flexibility index (Phi) is 3.58. The summed E-state index contributed by atoms with van der Waals surface area (Å²) >= 11 is 0. The van der Waals surface area contributed by atoms with Crippen LogP contribution in [0.15, 0.2) is 23.3 Å². The topological polar surface area (TPSA) is 59.9 Å². The molecule has 0 bridgehead atoms. The van der Waals surface area contributed by atoms with Crippen molar-refractivity contribution in [2.45, 2.75) is 26.2 Å². The predicted octanol–water partition coefficient (Wildman–Crippen LogP) is 2.10. The van der Waals surface area contributed by atoms with Crippen molar-refractivity contribution in [1.29, 1.82) is 0 Å². The van der Waals surface area contributed by atoms with Crippen molar-refractivity contribution in [3.63, 3.8) is 0 Å². The van der Waals surface area contributed by atoms with E-state index in [1.165, 1.54) is 0 Å². The lowest BCUT2D eigenvalue weighted by Gasteiger charge is -2.09. The first-order chi connectivity index (χ1) is 9.74. The van der Waals surface area contributed by atoms with Gasteiger partial charge >= 0.3 is 0 Å². The van der Waals surface area contributed by atoms with Gasteiger partial charge in [0.15, 0.2) is 11.5 Å². The van der Waals surface area contributed by atoms with Gasteiger partial charge in [0.05, 0.1) is 18.9 Å². The van der Waals surface area contributed by atoms with Crippen LogP contribution in [0.3, 0.4) is 0 Å². The number of amides is 1. The maximum absolute atomic E-state index is 11.6. The monoisotopic (exact) mass is 274 g/mol. The second-order valence-electron chi connectivity index (χ2n) is 5.16. The molecule has 1 fully saturated rings. The Balaban J connectivity index is 1.73. The molecule has 1 heterocycles. The highest BCUT2D eigenvalue weighted by Crippen LogP contribution is 2.31. The van der Waals surface area contributed by atoms with Gasteiger partial charge in [0, 0.05) is 17.9 Å². The standard InChI is InChI=1S/C15H18N2O3/c1-10(16-17-15(18)11-3-4-11)12-5-6-13-14(9-12)20-8-2-7-19-13/h5-6,9,11H,2-4,7-8H2,1H3,(H,17,18). The van der Waals surface area contributed by atoms with Crippen LogP contribution in [0.5, 0.6) is 11.5 Å². The van der Waals surface area contributed by atoms with Crippen LogP contribution in [0.25, 0.3) is 0 Å². The van der Waals surface area contributed by atoms with E-state index in [2.05, 4.69) is 10.5 Å². The van der Waals surface area contributed by atoms with Crippen LogP contribution < -0.4 is 14.9 Å². The summed E-state index contributed by atoms with van der Waals surface area (Å²) in [6.45, 7) is 3.20. The third kappa shape index (κ3) is 2.92. The fourth-order valence-corrected chi connectivity index (χ4v) is 2.03. The summed E-state index contributed by atoms with van der Waals surface area (Å²) in [5.41, 5.74) is 4.29. The van der Waals surface area contributed by atoms with Crippen molar-refractivity contribution in [3.8, 4) is 11.5 Å². The third-order valence-corrected chi connectivity index (χ3v) is 3.45. The predicted molar refractivity (Wildman–Crippen MR) is 75.1 cm³/mol. The van der Waals surface area contributed by atoms with E-state index in [4.69, 9.17) is 9.47 Å². The molecule has 1 aliphatic carbocycles. The largest absolute Gasteiger partial charge is 0.490 e. The molecule has 0 atom stereocenters. The van der Waals surface area contributed by atoms with E-state index in [9.17, 15) is 4.79 Å². The molecule has 0 radical (unpaired) electrons. The van der Waals surface area contributed by atoms with Gasteiger partial charge in [0.1, 0.15) is 0 Å². The summed E-state index contributed by atoms with van der Waals surface area (Å²) in [5, 5.41) is 4.15. The molecule has 20 heavy (non-hydrogen) atoms. The van der Waals surface area contributed by atoms with Crippen LogP contribution in [0.1, 0.15) is 31.7 Å². The summed E-state index contributed by atoms with van der Waals surface area (Å²) in [5.74, 6) is 1.68. The van der Waals surface area contributed by atoms with Crippen molar-refractivity contribution >= 4 is 11.6 Å². The molecular formula is C15H18N2O3. The van der Waals surface area contributed by atoms with Crippen LogP contribution in [0.2, 0.25) is 0 Å². The quantitative estimate of drug-likeness (QED) is 0.678. The maximum Gasteiger partial charge on any atom is 0.243 e. The van der Waals surface area contributed by atoms with Crippen molar-refractivity contribution in [2.24, 2.45) is 11.0 Å². The van der Waals surface area contributed by atoms with E-state index < -0.39 is 0 Å². The highest BCUT2D eigenvalue weighted by Gasteiger charge is 2.29. The molecule has 1 N–H and O–H groups in total. The van der Waals surface area contributed by atoms with E-state index in [1.54, 1.807) is 0 Å². The number of hydrogen-bond donors (Lipinski definition) is 1. The zero-order valence-corrected chi connectivity index (χ0v) is 11.5. The van der Waals surface area contributed by atoms with E-state index in [0.717, 1.165) is 42.0 Å². The molecule has 0 aromatic heterocycles. The second kappa shape index (κ2) is 5.53. The molecule has 5 heteroatoms. The lowest BCUT2D eigenvalue weighted by molar-refractivity contribution is -0.122. The molecule has 1 aliphatic heterocycles. The number of nitrogens with zero attached hydrogens (tertiary/aromatic N) is 1. The van der Waals surface area contributed by atoms with Crippen LogP contribution in [-0.4, -0.2) is 24.8 Å². The Morgan fingerprint density at radius 1 is 1.25 bits per heavy atom. The van der Waals surface area contributed by atoms with Crippen molar-refractivity contribution in [3.05, 3.63) is 23.8 Å². The number of carbonyl (C=O) groups excluding carboxylic acids is 1. The highest BCUT2D eigenvalue weighted by atomic mass is 16.5. The maximum atomic E-state index is 11.6. The molecule has 3 rings (SSSR count). The van der Waals surface area contributed by atoms with Gasteiger partial charge in [-0.3, -0.25) is 4.79 Å². The molecule has 0 unspecified atom stereocenters. The van der Waals surface area contributed by atoms with Crippen LogP contribution >= 0.6 is 0 Å². The molecule has 1 aromatic carbocycles. The fraction of sp³-hybridized carbons (Fsp3) is 0.467. The van der Waals surface area contributed by atoms with Gasteiger partial charge in [-0.2, -0.15) is 5.10 Å². The normalized spacial score (nSPS) is 18.4. The summed E-state index contributed by atoms with van der Waals surface area (Å²) in [6.07, 6.45) is 2.84.